The summed E-state index contributed by atoms with van der Waals surface area (Å²) in [6.07, 6.45) is -4.33. The van der Waals surface area contributed by atoms with E-state index in [-0.39, 0.29) is 17.5 Å². The number of ether oxygens (including phenoxy) is 1. The van der Waals surface area contributed by atoms with Crippen LogP contribution in [0, 0.1) is 5.92 Å². The molecule has 1 aliphatic rings. The van der Waals surface area contributed by atoms with Crippen molar-refractivity contribution < 1.29 is 22.7 Å². The molecule has 0 amide bonds. The lowest BCUT2D eigenvalue weighted by Crippen LogP contribution is -2.17. The maximum Gasteiger partial charge on any atom is 0.573 e. The lowest BCUT2D eigenvalue weighted by Gasteiger charge is -2.10. The van der Waals surface area contributed by atoms with E-state index in [9.17, 15) is 18.0 Å². The topological polar surface area (TPSA) is 52.3 Å². The van der Waals surface area contributed by atoms with Crippen molar-refractivity contribution in [1.82, 2.24) is 0 Å². The highest BCUT2D eigenvalue weighted by molar-refractivity contribution is 6.24. The molecule has 0 radical (unpaired) electrons. The van der Waals surface area contributed by atoms with Gasteiger partial charge in [-0.05, 0) is 24.1 Å². The molecule has 1 aromatic rings. The third-order valence-corrected chi connectivity index (χ3v) is 2.90. The average Bonchev–Trinajstić information content (AvgIpc) is 2.51. The highest BCUT2D eigenvalue weighted by Crippen LogP contribution is 2.34. The zero-order valence-corrected chi connectivity index (χ0v) is 10.1. The Bertz CT molecular complexity index is 549. The standard InChI is InChI=1S/C13H12F3NO2/c1-7-5-10(17)11(12(7)18)8-3-2-4-9(6-8)19-13(14,15)16/h2-4,6-7H,5,17H2,1H3. The molecule has 0 spiro atoms. The number of hydrogen-bond donors (Lipinski definition) is 1. The van der Waals surface area contributed by atoms with Gasteiger partial charge in [0.2, 0.25) is 0 Å². The van der Waals surface area contributed by atoms with Gasteiger partial charge < -0.3 is 10.5 Å². The zero-order valence-electron chi connectivity index (χ0n) is 10.1. The van der Waals surface area contributed by atoms with Gasteiger partial charge in [-0.25, -0.2) is 0 Å². The molecule has 0 saturated heterocycles. The van der Waals surface area contributed by atoms with E-state index in [4.69, 9.17) is 5.73 Å². The number of ketones is 1. The molecule has 102 valence electrons. The Kier molecular flexibility index (Phi) is 3.26. The molecule has 0 bridgehead atoms. The van der Waals surface area contributed by atoms with Crippen molar-refractivity contribution in [2.24, 2.45) is 11.7 Å². The molecule has 6 heteroatoms. The quantitative estimate of drug-likeness (QED) is 0.899. The van der Waals surface area contributed by atoms with Gasteiger partial charge in [0.25, 0.3) is 0 Å². The maximum atomic E-state index is 12.1. The second-order valence-corrected chi connectivity index (χ2v) is 4.45. The molecule has 1 aliphatic carbocycles. The summed E-state index contributed by atoms with van der Waals surface area (Å²) in [6.45, 7) is 1.73. The van der Waals surface area contributed by atoms with Gasteiger partial charge in [0.15, 0.2) is 5.78 Å². The molecule has 2 rings (SSSR count). The van der Waals surface area contributed by atoms with E-state index >= 15 is 0 Å². The number of hydrogen-bond acceptors (Lipinski definition) is 3. The normalized spacial score (nSPS) is 20.0. The van der Waals surface area contributed by atoms with Crippen LogP contribution in [-0.4, -0.2) is 12.1 Å². The van der Waals surface area contributed by atoms with Crippen molar-refractivity contribution in [1.29, 1.82) is 0 Å². The minimum absolute atomic E-state index is 0.151. The predicted molar refractivity (Wildman–Crippen MR) is 63.0 cm³/mol. The van der Waals surface area contributed by atoms with Crippen LogP contribution >= 0.6 is 0 Å². The Morgan fingerprint density at radius 3 is 2.58 bits per heavy atom. The Balaban J connectivity index is 2.35. The minimum atomic E-state index is -4.76. The van der Waals surface area contributed by atoms with Gasteiger partial charge in [-0.3, -0.25) is 4.79 Å². The fourth-order valence-electron chi connectivity index (χ4n) is 2.11. The van der Waals surface area contributed by atoms with Crippen LogP contribution in [0.2, 0.25) is 0 Å². The van der Waals surface area contributed by atoms with E-state index < -0.39 is 6.36 Å². The SMILES string of the molecule is CC1CC(N)=C(c2cccc(OC(F)(F)F)c2)C1=O. The number of benzene rings is 1. The smallest absolute Gasteiger partial charge is 0.406 e. The third kappa shape index (κ3) is 2.89. The number of carbonyl (C=O) groups excluding carboxylic acids is 1. The number of carbonyl (C=O) groups is 1. The van der Waals surface area contributed by atoms with E-state index in [1.54, 1.807) is 13.0 Å². The average molecular weight is 271 g/mol. The molecule has 1 aromatic carbocycles. The lowest BCUT2D eigenvalue weighted by molar-refractivity contribution is -0.274. The van der Waals surface area contributed by atoms with Gasteiger partial charge >= 0.3 is 6.36 Å². The van der Waals surface area contributed by atoms with E-state index in [1.807, 2.05) is 0 Å². The van der Waals surface area contributed by atoms with Crippen molar-refractivity contribution >= 4 is 11.4 Å². The first-order chi connectivity index (χ1) is 8.78. The summed E-state index contributed by atoms with van der Waals surface area (Å²) in [5.74, 6) is -0.749. The molecule has 3 nitrogen and oxygen atoms in total. The van der Waals surface area contributed by atoms with Crippen LogP contribution < -0.4 is 10.5 Å². The van der Waals surface area contributed by atoms with Gasteiger partial charge in [0, 0.05) is 17.2 Å². The molecule has 1 atom stereocenters. The second-order valence-electron chi connectivity index (χ2n) is 4.45. The van der Waals surface area contributed by atoms with E-state index in [1.165, 1.54) is 18.2 Å². The van der Waals surface area contributed by atoms with E-state index in [0.717, 1.165) is 0 Å². The monoisotopic (exact) mass is 271 g/mol. The van der Waals surface area contributed by atoms with E-state index in [0.29, 0.717) is 23.3 Å². The van der Waals surface area contributed by atoms with Crippen molar-refractivity contribution in [3.63, 3.8) is 0 Å². The summed E-state index contributed by atoms with van der Waals surface area (Å²) in [7, 11) is 0. The number of alkyl halides is 3. The molecule has 0 heterocycles. The molecule has 0 saturated carbocycles. The summed E-state index contributed by atoms with van der Waals surface area (Å²) in [4.78, 5) is 11.9. The predicted octanol–water partition coefficient (Wildman–Crippen LogP) is 2.86. The number of halogens is 3. The van der Waals surface area contributed by atoms with Crippen molar-refractivity contribution in [3.05, 3.63) is 35.5 Å². The zero-order chi connectivity index (χ0) is 14.2. The molecule has 0 aromatic heterocycles. The first-order valence-corrected chi connectivity index (χ1v) is 5.67. The summed E-state index contributed by atoms with van der Waals surface area (Å²) in [6, 6.07) is 5.29. The second kappa shape index (κ2) is 4.60. The van der Waals surface area contributed by atoms with Crippen LogP contribution in [0.15, 0.2) is 30.0 Å². The van der Waals surface area contributed by atoms with Gasteiger partial charge in [0.05, 0.1) is 0 Å². The van der Waals surface area contributed by atoms with Crippen molar-refractivity contribution in [3.8, 4) is 5.75 Å². The highest BCUT2D eigenvalue weighted by Gasteiger charge is 2.32. The first-order valence-electron chi connectivity index (χ1n) is 5.67. The Morgan fingerprint density at radius 1 is 1.37 bits per heavy atom. The van der Waals surface area contributed by atoms with Crippen LogP contribution in [0.25, 0.3) is 5.57 Å². The van der Waals surface area contributed by atoms with Crippen LogP contribution in [0.3, 0.4) is 0 Å². The Morgan fingerprint density at radius 2 is 2.05 bits per heavy atom. The third-order valence-electron chi connectivity index (χ3n) is 2.90. The summed E-state index contributed by atoms with van der Waals surface area (Å²) in [5, 5.41) is 0. The van der Waals surface area contributed by atoms with Gasteiger partial charge in [-0.2, -0.15) is 0 Å². The number of rotatable bonds is 2. The lowest BCUT2D eigenvalue weighted by atomic mass is 10.0. The van der Waals surface area contributed by atoms with Gasteiger partial charge in [-0.15, -0.1) is 13.2 Å². The van der Waals surface area contributed by atoms with Crippen LogP contribution in [-0.2, 0) is 4.79 Å². The Labute approximate surface area is 107 Å². The van der Waals surface area contributed by atoms with Gasteiger partial charge in [0.1, 0.15) is 5.75 Å². The number of Topliss-reactive ketones (excluding diaryl/α,β-unsaturated/α-hetero) is 1. The Hall–Kier alpha value is -1.98. The fraction of sp³-hybridized carbons (Fsp3) is 0.308. The molecule has 19 heavy (non-hydrogen) atoms. The molecular weight excluding hydrogens is 259 g/mol. The van der Waals surface area contributed by atoms with Crippen LogP contribution in [0.5, 0.6) is 5.75 Å². The summed E-state index contributed by atoms with van der Waals surface area (Å²) < 4.78 is 40.2. The van der Waals surface area contributed by atoms with Crippen molar-refractivity contribution in [2.45, 2.75) is 19.7 Å². The largest absolute Gasteiger partial charge is 0.573 e. The minimum Gasteiger partial charge on any atom is -0.406 e. The van der Waals surface area contributed by atoms with Crippen LogP contribution in [0.4, 0.5) is 13.2 Å². The molecule has 0 aliphatic heterocycles. The first kappa shape index (κ1) is 13.5. The fourth-order valence-corrected chi connectivity index (χ4v) is 2.11. The van der Waals surface area contributed by atoms with Crippen molar-refractivity contribution in [2.75, 3.05) is 0 Å². The maximum absolute atomic E-state index is 12.1. The molecule has 1 unspecified atom stereocenters. The highest BCUT2D eigenvalue weighted by atomic mass is 19.4. The van der Waals surface area contributed by atoms with Gasteiger partial charge in [-0.1, -0.05) is 19.1 Å². The summed E-state index contributed by atoms with van der Waals surface area (Å²) in [5.41, 5.74) is 6.82. The van der Waals surface area contributed by atoms with Crippen LogP contribution in [0.1, 0.15) is 18.9 Å². The molecular formula is C13H12F3NO2. The molecule has 0 fully saturated rings. The number of nitrogens with two attached hydrogens (primary N) is 1. The number of allylic oxidation sites excluding steroid dienone is 2. The van der Waals surface area contributed by atoms with E-state index in [2.05, 4.69) is 4.74 Å². The summed E-state index contributed by atoms with van der Waals surface area (Å²) >= 11 is 0. The molecule has 2 N–H and O–H groups in total.